The molecule has 3 aromatic rings. The van der Waals surface area contributed by atoms with E-state index in [-0.39, 0.29) is 5.56 Å². The van der Waals surface area contributed by atoms with Crippen molar-refractivity contribution >= 4 is 23.1 Å². The van der Waals surface area contributed by atoms with Gasteiger partial charge in [0.25, 0.3) is 5.56 Å². The van der Waals surface area contributed by atoms with Crippen LogP contribution < -0.4 is 29.3 Å². The summed E-state index contributed by atoms with van der Waals surface area (Å²) >= 11 is 1.41. The normalized spacial score (nSPS) is 13.8. The molecule has 7 heteroatoms. The van der Waals surface area contributed by atoms with Gasteiger partial charge in [0.1, 0.15) is 13.3 Å². The molecule has 0 radical (unpaired) electrons. The lowest BCUT2D eigenvalue weighted by molar-refractivity contribution is 0.355. The van der Waals surface area contributed by atoms with Crippen molar-refractivity contribution < 1.29 is 9.47 Å². The summed E-state index contributed by atoms with van der Waals surface area (Å²) in [5.41, 5.74) is 3.10. The lowest BCUT2D eigenvalue weighted by Gasteiger charge is -2.25. The molecule has 1 aliphatic rings. The Morgan fingerprint density at radius 2 is 1.93 bits per heavy atom. The third-order valence-corrected chi connectivity index (χ3v) is 5.69. The molecule has 0 aliphatic carbocycles. The number of anilines is 1. The van der Waals surface area contributed by atoms with Gasteiger partial charge in [-0.3, -0.25) is 9.36 Å². The molecule has 0 N–H and O–H groups in total. The van der Waals surface area contributed by atoms with Gasteiger partial charge < -0.3 is 14.4 Å². The Balaban J connectivity index is 1.70. The van der Waals surface area contributed by atoms with E-state index in [9.17, 15) is 4.79 Å². The first-order valence-electron chi connectivity index (χ1n) is 8.88. The summed E-state index contributed by atoms with van der Waals surface area (Å²) in [5, 5.41) is 0. The van der Waals surface area contributed by atoms with E-state index >= 15 is 0 Å². The molecule has 144 valence electrons. The van der Waals surface area contributed by atoms with Crippen molar-refractivity contribution in [2.24, 2.45) is 4.99 Å². The molecule has 1 aliphatic heterocycles. The van der Waals surface area contributed by atoms with E-state index in [0.29, 0.717) is 29.4 Å². The van der Waals surface area contributed by atoms with Crippen LogP contribution in [0.15, 0.2) is 52.3 Å². The van der Waals surface area contributed by atoms with Crippen molar-refractivity contribution in [3.63, 3.8) is 0 Å². The van der Waals surface area contributed by atoms with Gasteiger partial charge in [0.2, 0.25) is 0 Å². The number of thiazole rings is 1. The summed E-state index contributed by atoms with van der Waals surface area (Å²) in [4.78, 5) is 20.4. The van der Waals surface area contributed by atoms with Crippen molar-refractivity contribution in [1.82, 2.24) is 4.57 Å². The lowest BCUT2D eigenvalue weighted by Crippen LogP contribution is -2.42. The van der Waals surface area contributed by atoms with Crippen LogP contribution in [0.3, 0.4) is 0 Å². The molecule has 0 atom stereocenters. The fourth-order valence-electron chi connectivity index (χ4n) is 3.19. The number of hydrogen-bond donors (Lipinski definition) is 0. The molecule has 2 heterocycles. The second-order valence-electron chi connectivity index (χ2n) is 6.56. The summed E-state index contributed by atoms with van der Waals surface area (Å²) in [6.45, 7) is 3.10. The van der Waals surface area contributed by atoms with Gasteiger partial charge in [0, 0.05) is 5.69 Å². The molecule has 0 bridgehead atoms. The van der Waals surface area contributed by atoms with Crippen molar-refractivity contribution in [2.45, 2.75) is 13.6 Å². The van der Waals surface area contributed by atoms with Crippen LogP contribution in [0.25, 0.3) is 6.08 Å². The zero-order chi connectivity index (χ0) is 19.7. The van der Waals surface area contributed by atoms with Crippen LogP contribution in [0, 0.1) is 6.92 Å². The molecule has 0 saturated heterocycles. The van der Waals surface area contributed by atoms with Crippen molar-refractivity contribution in [1.29, 1.82) is 0 Å². The summed E-state index contributed by atoms with van der Waals surface area (Å²) in [6.07, 6.45) is 1.87. The summed E-state index contributed by atoms with van der Waals surface area (Å²) < 4.78 is 13.0. The second kappa shape index (κ2) is 7.52. The molecule has 28 heavy (non-hydrogen) atoms. The number of ether oxygens (including phenoxy) is 2. The first-order chi connectivity index (χ1) is 13.6. The van der Waals surface area contributed by atoms with Gasteiger partial charge in [-0.1, -0.05) is 29.5 Å². The van der Waals surface area contributed by atoms with Crippen LogP contribution in [0.1, 0.15) is 11.1 Å². The average Bonchev–Trinajstić information content (AvgIpc) is 3.02. The second-order valence-corrected chi connectivity index (χ2v) is 7.57. The highest BCUT2D eigenvalue weighted by atomic mass is 32.1. The Hall–Kier alpha value is -3.06. The monoisotopic (exact) mass is 395 g/mol. The van der Waals surface area contributed by atoms with Gasteiger partial charge in [0.05, 0.1) is 18.8 Å². The number of rotatable bonds is 4. The van der Waals surface area contributed by atoms with E-state index < -0.39 is 0 Å². The molecule has 0 unspecified atom stereocenters. The van der Waals surface area contributed by atoms with Gasteiger partial charge in [-0.25, -0.2) is 4.99 Å². The van der Waals surface area contributed by atoms with Crippen molar-refractivity contribution in [3.8, 4) is 11.5 Å². The Morgan fingerprint density at radius 1 is 1.11 bits per heavy atom. The molecule has 0 amide bonds. The predicted molar refractivity (Wildman–Crippen MR) is 111 cm³/mol. The van der Waals surface area contributed by atoms with Gasteiger partial charge >= 0.3 is 0 Å². The quantitative estimate of drug-likeness (QED) is 0.679. The van der Waals surface area contributed by atoms with E-state index in [1.54, 1.807) is 18.8 Å². The largest absolute Gasteiger partial charge is 0.493 e. The maximum absolute atomic E-state index is 12.9. The first-order valence-corrected chi connectivity index (χ1v) is 9.70. The zero-order valence-electron chi connectivity index (χ0n) is 16.0. The molecule has 0 spiro atoms. The Morgan fingerprint density at radius 3 is 2.68 bits per heavy atom. The smallest absolute Gasteiger partial charge is 0.271 e. The highest BCUT2D eigenvalue weighted by Gasteiger charge is 2.16. The number of hydrogen-bond acceptors (Lipinski definition) is 6. The SMILES string of the molecule is COc1ccc(C=c2sc3n(c2=O)CN(c2cccc(C)c2)CN=3)cc1OC. The summed E-state index contributed by atoms with van der Waals surface area (Å²) in [7, 11) is 3.20. The van der Waals surface area contributed by atoms with Crippen LogP contribution >= 0.6 is 11.3 Å². The van der Waals surface area contributed by atoms with Crippen molar-refractivity contribution in [2.75, 3.05) is 25.8 Å². The summed E-state index contributed by atoms with van der Waals surface area (Å²) in [5.74, 6) is 1.29. The number of methoxy groups -OCH3 is 2. The van der Waals surface area contributed by atoms with E-state index in [0.717, 1.165) is 16.1 Å². The predicted octanol–water partition coefficient (Wildman–Crippen LogP) is 2.12. The van der Waals surface area contributed by atoms with Gasteiger partial charge in [-0.15, -0.1) is 0 Å². The summed E-state index contributed by atoms with van der Waals surface area (Å²) in [6, 6.07) is 13.8. The Labute approximate surface area is 166 Å². The maximum atomic E-state index is 12.9. The van der Waals surface area contributed by atoms with Crippen LogP contribution in [-0.2, 0) is 6.67 Å². The fraction of sp³-hybridized carbons (Fsp3) is 0.238. The van der Waals surface area contributed by atoms with Gasteiger partial charge in [-0.2, -0.15) is 0 Å². The number of benzene rings is 2. The standard InChI is InChI=1S/C21H21N3O3S/c1-14-5-4-6-16(9-14)23-12-22-21-24(13-23)20(25)19(28-21)11-15-7-8-17(26-2)18(10-15)27-3/h4-11H,12-13H2,1-3H3. The van der Waals surface area contributed by atoms with Crippen LogP contribution in [-0.4, -0.2) is 25.5 Å². The molecular formula is C21H21N3O3S. The third-order valence-electron chi connectivity index (χ3n) is 4.65. The minimum atomic E-state index is -0.0316. The highest BCUT2D eigenvalue weighted by Crippen LogP contribution is 2.27. The van der Waals surface area contributed by atoms with Crippen LogP contribution in [0.5, 0.6) is 11.5 Å². The average molecular weight is 395 g/mol. The van der Waals surface area contributed by atoms with E-state index in [1.807, 2.05) is 36.4 Å². The Kier molecular flexibility index (Phi) is 4.92. The van der Waals surface area contributed by atoms with E-state index in [1.165, 1.54) is 16.9 Å². The minimum absolute atomic E-state index is 0.0316. The fourth-order valence-corrected chi connectivity index (χ4v) is 4.16. The maximum Gasteiger partial charge on any atom is 0.271 e. The highest BCUT2D eigenvalue weighted by molar-refractivity contribution is 7.07. The zero-order valence-corrected chi connectivity index (χ0v) is 16.8. The molecule has 0 fully saturated rings. The van der Waals surface area contributed by atoms with Crippen molar-refractivity contribution in [3.05, 3.63) is 73.3 Å². The van der Waals surface area contributed by atoms with Crippen LogP contribution in [0.4, 0.5) is 5.69 Å². The first kappa shape index (κ1) is 18.3. The third kappa shape index (κ3) is 3.41. The topological polar surface area (TPSA) is 56.1 Å². The number of fused-ring (bicyclic) bond motifs is 1. The van der Waals surface area contributed by atoms with Gasteiger partial charge in [-0.05, 0) is 48.4 Å². The molecule has 1 aromatic heterocycles. The van der Waals surface area contributed by atoms with E-state index in [2.05, 4.69) is 28.9 Å². The lowest BCUT2D eigenvalue weighted by atomic mass is 10.2. The molecular weight excluding hydrogens is 374 g/mol. The van der Waals surface area contributed by atoms with E-state index in [4.69, 9.17) is 9.47 Å². The molecule has 6 nitrogen and oxygen atoms in total. The molecule has 2 aromatic carbocycles. The molecule has 0 saturated carbocycles. The number of aromatic nitrogens is 1. The Bertz CT molecular complexity index is 1200. The number of nitrogens with zero attached hydrogens (tertiary/aromatic N) is 3. The van der Waals surface area contributed by atoms with Gasteiger partial charge in [0.15, 0.2) is 16.3 Å². The molecule has 4 rings (SSSR count). The minimum Gasteiger partial charge on any atom is -0.493 e. The number of aryl methyl sites for hydroxylation is 1. The van der Waals surface area contributed by atoms with Crippen LogP contribution in [0.2, 0.25) is 0 Å².